The van der Waals surface area contributed by atoms with Crippen LogP contribution >= 0.6 is 39.6 Å². The number of hydrogen-bond donors (Lipinski definition) is 0. The zero-order valence-corrected chi connectivity index (χ0v) is 49.6. The summed E-state index contributed by atoms with van der Waals surface area (Å²) in [4.78, 5) is 0. The van der Waals surface area contributed by atoms with E-state index in [9.17, 15) is 0 Å². The van der Waals surface area contributed by atoms with Gasteiger partial charge in [0, 0.05) is 29.4 Å². The van der Waals surface area contributed by atoms with Crippen molar-refractivity contribution in [2.24, 2.45) is 0 Å². The van der Waals surface area contributed by atoms with Crippen molar-refractivity contribution >= 4 is 103 Å². The van der Waals surface area contributed by atoms with Crippen LogP contribution in [-0.4, -0.2) is 0 Å². The Balaban J connectivity index is 0.000000137. The van der Waals surface area contributed by atoms with Gasteiger partial charge in [0.25, 0.3) is 0 Å². The minimum atomic E-state index is -1.61. The summed E-state index contributed by atoms with van der Waals surface area (Å²) in [5, 5.41) is 16.8. The molecule has 12 rings (SSSR count). The van der Waals surface area contributed by atoms with E-state index in [2.05, 4.69) is 373 Å². The van der Waals surface area contributed by atoms with Crippen molar-refractivity contribution in [1.82, 2.24) is 0 Å². The molecule has 78 heavy (non-hydrogen) atoms. The zero-order chi connectivity index (χ0) is 52.6. The van der Waals surface area contributed by atoms with Gasteiger partial charge in [-0.05, 0) is 108 Å². The maximum absolute atomic E-state index is 3.17. The molecule has 0 aliphatic carbocycles. The summed E-state index contributed by atoms with van der Waals surface area (Å²) < 4.78 is 0. The van der Waals surface area contributed by atoms with Crippen LogP contribution < -0.4 is 63.7 Å². The molecule has 0 aliphatic heterocycles. The van der Waals surface area contributed by atoms with Gasteiger partial charge in [-0.15, -0.1) is 0 Å². The molecular weight excluding hydrogens is 1130 g/mol. The molecule has 1 atom stereocenters. The van der Waals surface area contributed by atoms with Gasteiger partial charge in [0.15, 0.2) is 0 Å². The molecular formula is C72H62P5Pd+. The molecule has 384 valence electrons. The summed E-state index contributed by atoms with van der Waals surface area (Å²) >= 11 is 0. The van der Waals surface area contributed by atoms with Crippen molar-refractivity contribution in [2.45, 2.75) is 0 Å². The molecule has 12 aromatic rings. The maximum Gasteiger partial charge on any atom is 0.124 e. The van der Waals surface area contributed by atoms with Crippen LogP contribution in [0, 0.1) is 0 Å². The van der Waals surface area contributed by atoms with Gasteiger partial charge >= 0.3 is 0 Å². The first-order valence-corrected chi connectivity index (χ1v) is 33.3. The fraction of sp³-hybridized carbons (Fsp3) is 0. The van der Waals surface area contributed by atoms with E-state index >= 15 is 0 Å². The van der Waals surface area contributed by atoms with Crippen molar-refractivity contribution in [3.8, 4) is 0 Å². The van der Waals surface area contributed by atoms with Crippen molar-refractivity contribution in [3.63, 3.8) is 0 Å². The van der Waals surface area contributed by atoms with Crippen molar-refractivity contribution in [1.29, 1.82) is 0 Å². The first kappa shape index (κ1) is 57.6. The van der Waals surface area contributed by atoms with Gasteiger partial charge in [-0.3, -0.25) is 0 Å². The second kappa shape index (κ2) is 31.1. The first-order valence-electron chi connectivity index (χ1n) is 25.9. The summed E-state index contributed by atoms with van der Waals surface area (Å²) in [6.45, 7) is -1.61. The number of benzene rings is 12. The Morgan fingerprint density at radius 3 is 0.385 bits per heavy atom. The predicted molar refractivity (Wildman–Crippen MR) is 350 cm³/mol. The van der Waals surface area contributed by atoms with E-state index in [1.807, 2.05) is 0 Å². The average Bonchev–Trinajstić information content (AvgIpc) is 3.54. The normalized spacial score (nSPS) is 10.6. The largest absolute Gasteiger partial charge is 0.124 e. The molecule has 6 heteroatoms. The Morgan fingerprint density at radius 2 is 0.269 bits per heavy atom. The Morgan fingerprint density at radius 1 is 0.167 bits per heavy atom. The van der Waals surface area contributed by atoms with E-state index in [1.54, 1.807) is 0 Å². The molecule has 0 radical (unpaired) electrons. The van der Waals surface area contributed by atoms with Gasteiger partial charge in [-0.1, -0.05) is 328 Å². The third-order valence-electron chi connectivity index (χ3n) is 12.6. The van der Waals surface area contributed by atoms with Crippen LogP contribution in [0.15, 0.2) is 364 Å². The van der Waals surface area contributed by atoms with E-state index in [0.29, 0.717) is 0 Å². The van der Waals surface area contributed by atoms with E-state index in [4.69, 9.17) is 0 Å². The van der Waals surface area contributed by atoms with E-state index in [-0.39, 0.29) is 20.4 Å². The molecule has 0 bridgehead atoms. The monoisotopic (exact) mass is 1190 g/mol. The van der Waals surface area contributed by atoms with E-state index < -0.39 is 30.7 Å². The predicted octanol–water partition coefficient (Wildman–Crippen LogP) is 14.1. The van der Waals surface area contributed by atoms with Crippen LogP contribution in [-0.2, 0) is 20.4 Å². The molecule has 0 saturated carbocycles. The quantitative estimate of drug-likeness (QED) is 0.0845. The van der Waals surface area contributed by atoms with Crippen LogP contribution in [0.25, 0.3) is 0 Å². The molecule has 0 spiro atoms. The summed E-state index contributed by atoms with van der Waals surface area (Å²) in [6.07, 6.45) is 0. The smallest absolute Gasteiger partial charge is 0.0622 e. The van der Waals surface area contributed by atoms with Crippen molar-refractivity contribution < 1.29 is 20.4 Å². The van der Waals surface area contributed by atoms with Crippen molar-refractivity contribution in [3.05, 3.63) is 364 Å². The fourth-order valence-corrected chi connectivity index (χ4v) is 20.3. The number of hydrogen-bond acceptors (Lipinski definition) is 0. The summed E-state index contributed by atoms with van der Waals surface area (Å²) in [6, 6.07) is 129. The minimum absolute atomic E-state index is 0. The summed E-state index contributed by atoms with van der Waals surface area (Å²) in [5.74, 6) is 0. The first-order chi connectivity index (χ1) is 38.2. The molecule has 0 heterocycles. The van der Waals surface area contributed by atoms with Gasteiger partial charge in [0.2, 0.25) is 0 Å². The topological polar surface area (TPSA) is 0 Å². The Hall–Kier alpha value is -6.55. The van der Waals surface area contributed by atoms with E-state index in [0.717, 1.165) is 0 Å². The van der Waals surface area contributed by atoms with Gasteiger partial charge < -0.3 is 0 Å². The fourth-order valence-electron chi connectivity index (χ4n) is 8.97. The summed E-state index contributed by atoms with van der Waals surface area (Å²) in [5.41, 5.74) is 0. The SMILES string of the molecule is P[P+](c1ccccc1)(c1ccccc1)c1ccccc1.[Pd].c1ccc(P(c2ccccc2)c2ccccc2)cc1.c1ccc(P(c2ccccc2)c2ccccc2)cc1.c1ccc(P(c2ccccc2)c2ccccc2)cc1. The maximum atomic E-state index is 3.17. The molecule has 0 N–H and O–H groups in total. The molecule has 0 aliphatic rings. The molecule has 12 aromatic carbocycles. The third kappa shape index (κ3) is 15.8. The van der Waals surface area contributed by atoms with Gasteiger partial charge in [-0.25, -0.2) is 0 Å². The second-order valence-corrected chi connectivity index (χ2v) is 29.7. The van der Waals surface area contributed by atoms with Gasteiger partial charge in [-0.2, -0.15) is 0 Å². The molecule has 1 unspecified atom stereocenters. The van der Waals surface area contributed by atoms with Crippen LogP contribution in [0.3, 0.4) is 0 Å². The third-order valence-corrected chi connectivity index (χ3v) is 26.0. The zero-order valence-electron chi connectivity index (χ0n) is 43.3. The number of rotatable bonds is 12. The molecule has 0 aromatic heterocycles. The summed E-state index contributed by atoms with van der Waals surface area (Å²) in [7, 11) is 1.83. The Labute approximate surface area is 484 Å². The van der Waals surface area contributed by atoms with Crippen LogP contribution in [0.4, 0.5) is 0 Å². The van der Waals surface area contributed by atoms with Gasteiger partial charge in [0.1, 0.15) is 22.9 Å². The molecule has 0 amide bonds. The van der Waals surface area contributed by atoms with Crippen LogP contribution in [0.1, 0.15) is 0 Å². The van der Waals surface area contributed by atoms with Crippen molar-refractivity contribution in [2.75, 3.05) is 0 Å². The van der Waals surface area contributed by atoms with Gasteiger partial charge in [0.05, 0.1) is 0 Å². The Bertz CT molecular complexity index is 2820. The standard InChI is InChI=1S/C18H17P2.3C18H15P.Pd/c19-20(16-10-4-1-5-11-16,17-12-6-2-7-13-17)18-14-8-3-9-15-18;3*1-4-10-16(11-5-1)19(17-12-6-2-7-13-17)18-14-8-3-9-15-18;/h1-15H,19H2;3*1-15H;/q+1;;;;. The molecule has 0 nitrogen and oxygen atoms in total. The van der Waals surface area contributed by atoms with Crippen LogP contribution in [0.5, 0.6) is 0 Å². The second-order valence-electron chi connectivity index (χ2n) is 17.8. The van der Waals surface area contributed by atoms with E-state index in [1.165, 1.54) is 63.7 Å². The molecule has 0 fully saturated rings. The van der Waals surface area contributed by atoms with Crippen LogP contribution in [0.2, 0.25) is 0 Å². The average molecular weight is 1190 g/mol. The minimum Gasteiger partial charge on any atom is -0.0622 e. The Kier molecular flexibility index (Phi) is 23.0. The molecule has 0 saturated heterocycles.